The van der Waals surface area contributed by atoms with Crippen LogP contribution in [0, 0.1) is 0 Å². The van der Waals surface area contributed by atoms with Crippen molar-refractivity contribution in [3.05, 3.63) is 58.6 Å². The fourth-order valence-electron chi connectivity index (χ4n) is 5.04. The van der Waals surface area contributed by atoms with Gasteiger partial charge in [-0.25, -0.2) is 9.67 Å². The van der Waals surface area contributed by atoms with Gasteiger partial charge >= 0.3 is 0 Å². The standard InChI is InChI=1S/C27H30Cl2N8O/c28-21-7-6-20(18-22(21)29)37-25(30)23-24(19-4-2-1-3-5-19)31-27(32-26(23)33-37)36-12-10-34(11-13-36)8-9-35-14-16-38-17-15-35/h1-7,18H,8-17,30H2. The van der Waals surface area contributed by atoms with Gasteiger partial charge in [-0.05, 0) is 18.2 Å². The van der Waals surface area contributed by atoms with Crippen LogP contribution in [0.4, 0.5) is 11.8 Å². The zero-order chi connectivity index (χ0) is 26.1. The van der Waals surface area contributed by atoms with Gasteiger partial charge < -0.3 is 15.4 Å². The number of aromatic nitrogens is 4. The van der Waals surface area contributed by atoms with E-state index >= 15 is 0 Å². The van der Waals surface area contributed by atoms with E-state index in [9.17, 15) is 0 Å². The largest absolute Gasteiger partial charge is 0.383 e. The summed E-state index contributed by atoms with van der Waals surface area (Å²) in [5.41, 5.74) is 9.64. The minimum atomic E-state index is 0.435. The van der Waals surface area contributed by atoms with Crippen LogP contribution in [0.1, 0.15) is 0 Å². The SMILES string of the molecule is Nc1c2c(-c3ccccc3)nc(N3CCN(CCN4CCOCC4)CC3)nc2nn1-c1ccc(Cl)c(Cl)c1. The van der Waals surface area contributed by atoms with Gasteiger partial charge in [-0.15, -0.1) is 5.10 Å². The van der Waals surface area contributed by atoms with Crippen molar-refractivity contribution in [2.45, 2.75) is 0 Å². The van der Waals surface area contributed by atoms with E-state index in [-0.39, 0.29) is 0 Å². The van der Waals surface area contributed by atoms with Gasteiger partial charge in [0.05, 0.1) is 40.0 Å². The maximum absolute atomic E-state index is 6.65. The minimum Gasteiger partial charge on any atom is -0.383 e. The number of nitrogen functional groups attached to an aromatic ring is 1. The van der Waals surface area contributed by atoms with Crippen LogP contribution in [-0.4, -0.2) is 95.1 Å². The number of halogens is 2. The summed E-state index contributed by atoms with van der Waals surface area (Å²) < 4.78 is 7.12. The van der Waals surface area contributed by atoms with Crippen molar-refractivity contribution in [2.24, 2.45) is 0 Å². The van der Waals surface area contributed by atoms with Crippen molar-refractivity contribution in [3.63, 3.8) is 0 Å². The number of ether oxygens (including phenoxy) is 1. The second kappa shape index (κ2) is 11.0. The Hall–Kier alpha value is -2.95. The molecule has 38 heavy (non-hydrogen) atoms. The van der Waals surface area contributed by atoms with E-state index in [2.05, 4.69) is 14.7 Å². The molecule has 4 heterocycles. The average molecular weight is 553 g/mol. The first-order chi connectivity index (χ1) is 18.6. The van der Waals surface area contributed by atoms with E-state index in [1.54, 1.807) is 16.8 Å². The molecule has 0 atom stereocenters. The van der Waals surface area contributed by atoms with E-state index in [0.717, 1.165) is 82.2 Å². The van der Waals surface area contributed by atoms with E-state index < -0.39 is 0 Å². The monoisotopic (exact) mass is 552 g/mol. The van der Waals surface area contributed by atoms with Gasteiger partial charge in [-0.3, -0.25) is 9.80 Å². The molecule has 0 amide bonds. The summed E-state index contributed by atoms with van der Waals surface area (Å²) in [4.78, 5) is 17.1. The average Bonchev–Trinajstić information content (AvgIpc) is 3.30. The van der Waals surface area contributed by atoms with Gasteiger partial charge in [0.2, 0.25) is 5.95 Å². The molecule has 0 saturated carbocycles. The van der Waals surface area contributed by atoms with Crippen LogP contribution in [0.25, 0.3) is 28.0 Å². The summed E-state index contributed by atoms with van der Waals surface area (Å²) in [7, 11) is 0. The molecular formula is C27H30Cl2N8O. The van der Waals surface area contributed by atoms with Crippen LogP contribution in [0.15, 0.2) is 48.5 Å². The number of hydrogen-bond acceptors (Lipinski definition) is 8. The lowest BCUT2D eigenvalue weighted by atomic mass is 10.1. The van der Waals surface area contributed by atoms with Crippen molar-refractivity contribution < 1.29 is 4.74 Å². The van der Waals surface area contributed by atoms with Crippen LogP contribution < -0.4 is 10.6 Å². The Labute approximate surface area is 231 Å². The number of nitrogens with zero attached hydrogens (tertiary/aromatic N) is 7. The lowest BCUT2D eigenvalue weighted by molar-refractivity contribution is 0.0331. The zero-order valence-corrected chi connectivity index (χ0v) is 22.6. The number of anilines is 2. The van der Waals surface area contributed by atoms with Crippen LogP contribution in [0.5, 0.6) is 0 Å². The van der Waals surface area contributed by atoms with Crippen molar-refractivity contribution in [1.29, 1.82) is 0 Å². The number of fused-ring (bicyclic) bond motifs is 1. The lowest BCUT2D eigenvalue weighted by Crippen LogP contribution is -2.49. The first-order valence-corrected chi connectivity index (χ1v) is 13.7. The van der Waals surface area contributed by atoms with Gasteiger partial charge in [-0.1, -0.05) is 53.5 Å². The molecule has 2 aliphatic rings. The van der Waals surface area contributed by atoms with Crippen LogP contribution >= 0.6 is 23.2 Å². The summed E-state index contributed by atoms with van der Waals surface area (Å²) >= 11 is 12.4. The summed E-state index contributed by atoms with van der Waals surface area (Å²) in [5.74, 6) is 1.12. The van der Waals surface area contributed by atoms with E-state index in [0.29, 0.717) is 33.1 Å². The van der Waals surface area contributed by atoms with Crippen LogP contribution in [-0.2, 0) is 4.74 Å². The Balaban J connectivity index is 1.29. The van der Waals surface area contributed by atoms with Crippen molar-refractivity contribution >= 4 is 46.0 Å². The smallest absolute Gasteiger partial charge is 0.228 e. The number of morpholine rings is 1. The molecule has 2 saturated heterocycles. The Bertz CT molecular complexity index is 1420. The summed E-state index contributed by atoms with van der Waals surface area (Å²) in [6.45, 7) is 9.49. The van der Waals surface area contributed by atoms with Gasteiger partial charge in [0, 0.05) is 57.9 Å². The lowest BCUT2D eigenvalue weighted by Gasteiger charge is -2.36. The highest BCUT2D eigenvalue weighted by atomic mass is 35.5. The molecule has 4 aromatic rings. The summed E-state index contributed by atoms with van der Waals surface area (Å²) in [6.07, 6.45) is 0. The molecule has 0 radical (unpaired) electrons. The van der Waals surface area contributed by atoms with Crippen LogP contribution in [0.2, 0.25) is 10.0 Å². The highest BCUT2D eigenvalue weighted by molar-refractivity contribution is 6.42. The van der Waals surface area contributed by atoms with Crippen molar-refractivity contribution in [1.82, 2.24) is 29.5 Å². The highest BCUT2D eigenvalue weighted by Gasteiger charge is 2.24. The molecule has 2 aromatic heterocycles. The third kappa shape index (κ3) is 5.17. The predicted octanol–water partition coefficient (Wildman–Crippen LogP) is 3.83. The fourth-order valence-corrected chi connectivity index (χ4v) is 5.33. The van der Waals surface area contributed by atoms with Crippen LogP contribution in [0.3, 0.4) is 0 Å². The topological polar surface area (TPSA) is 88.6 Å². The van der Waals surface area contributed by atoms with E-state index in [4.69, 9.17) is 48.7 Å². The first-order valence-electron chi connectivity index (χ1n) is 12.9. The normalized spacial score (nSPS) is 17.4. The van der Waals surface area contributed by atoms with Gasteiger partial charge in [-0.2, -0.15) is 4.98 Å². The molecule has 2 N–H and O–H groups in total. The number of rotatable bonds is 6. The molecule has 2 aliphatic heterocycles. The first kappa shape index (κ1) is 25.3. The Kier molecular flexibility index (Phi) is 7.36. The molecule has 0 bridgehead atoms. The number of nitrogens with two attached hydrogens (primary N) is 1. The molecule has 2 aromatic carbocycles. The summed E-state index contributed by atoms with van der Waals surface area (Å²) in [5, 5.41) is 6.40. The molecular weight excluding hydrogens is 523 g/mol. The van der Waals surface area contributed by atoms with Crippen molar-refractivity contribution in [2.75, 3.05) is 76.2 Å². The molecule has 9 nitrogen and oxygen atoms in total. The Morgan fingerprint density at radius 1 is 0.816 bits per heavy atom. The predicted molar refractivity (Wildman–Crippen MR) is 152 cm³/mol. The fraction of sp³-hybridized carbons (Fsp3) is 0.370. The number of benzene rings is 2. The molecule has 0 spiro atoms. The second-order valence-corrected chi connectivity index (χ2v) is 10.4. The van der Waals surface area contributed by atoms with Crippen molar-refractivity contribution in [3.8, 4) is 16.9 Å². The van der Waals surface area contributed by atoms with Gasteiger partial charge in [0.25, 0.3) is 0 Å². The molecule has 0 unspecified atom stereocenters. The van der Waals surface area contributed by atoms with E-state index in [1.165, 1.54) is 0 Å². The molecule has 0 aliphatic carbocycles. The molecule has 198 valence electrons. The highest BCUT2D eigenvalue weighted by Crippen LogP contribution is 2.34. The number of hydrogen-bond donors (Lipinski definition) is 1. The number of piperazine rings is 1. The minimum absolute atomic E-state index is 0.435. The van der Waals surface area contributed by atoms with E-state index in [1.807, 2.05) is 36.4 Å². The molecule has 2 fully saturated rings. The molecule has 11 heteroatoms. The van der Waals surface area contributed by atoms with Gasteiger partial charge in [0.1, 0.15) is 5.82 Å². The zero-order valence-electron chi connectivity index (χ0n) is 21.1. The third-order valence-electron chi connectivity index (χ3n) is 7.24. The van der Waals surface area contributed by atoms with Gasteiger partial charge in [0.15, 0.2) is 5.65 Å². The Morgan fingerprint density at radius 3 is 2.24 bits per heavy atom. The Morgan fingerprint density at radius 2 is 1.53 bits per heavy atom. The maximum Gasteiger partial charge on any atom is 0.228 e. The second-order valence-electron chi connectivity index (χ2n) is 9.62. The quantitative estimate of drug-likeness (QED) is 0.386. The third-order valence-corrected chi connectivity index (χ3v) is 7.98. The maximum atomic E-state index is 6.65. The summed E-state index contributed by atoms with van der Waals surface area (Å²) in [6, 6.07) is 15.4. The molecule has 6 rings (SSSR count).